The second-order valence-electron chi connectivity index (χ2n) is 5.06. The summed E-state index contributed by atoms with van der Waals surface area (Å²) in [5.74, 6) is 0. The molecule has 0 aliphatic carbocycles. The van der Waals surface area contributed by atoms with Crippen molar-refractivity contribution in [3.05, 3.63) is 57.8 Å². The number of benzene rings is 1. The van der Waals surface area contributed by atoms with Crippen LogP contribution in [0.1, 0.15) is 35.1 Å². The first-order valence-corrected chi connectivity index (χ1v) is 7.64. The van der Waals surface area contributed by atoms with E-state index in [2.05, 4.69) is 5.32 Å². The van der Waals surface area contributed by atoms with Gasteiger partial charge in [-0.15, -0.1) is 11.3 Å². The Morgan fingerprint density at radius 2 is 1.95 bits per heavy atom. The van der Waals surface area contributed by atoms with Crippen LogP contribution in [0, 0.1) is 6.92 Å². The van der Waals surface area contributed by atoms with Gasteiger partial charge in [0.05, 0.1) is 12.6 Å². The molecule has 3 N–H and O–H groups in total. The van der Waals surface area contributed by atoms with Gasteiger partial charge in [-0.2, -0.15) is 0 Å². The zero-order valence-corrected chi connectivity index (χ0v) is 12.6. The van der Waals surface area contributed by atoms with Gasteiger partial charge in [0.25, 0.3) is 0 Å². The zero-order chi connectivity index (χ0) is 14.5. The van der Waals surface area contributed by atoms with Crippen molar-refractivity contribution >= 4 is 11.3 Å². The van der Waals surface area contributed by atoms with E-state index >= 15 is 0 Å². The number of hydrogen-bond donors (Lipinski definition) is 3. The van der Waals surface area contributed by atoms with Crippen LogP contribution in [-0.4, -0.2) is 22.9 Å². The Hall–Kier alpha value is -1.20. The van der Waals surface area contributed by atoms with Crippen molar-refractivity contribution in [1.29, 1.82) is 0 Å². The number of aliphatic hydroxyl groups is 2. The summed E-state index contributed by atoms with van der Waals surface area (Å²) in [5, 5.41) is 25.2. The highest BCUT2D eigenvalue weighted by atomic mass is 32.1. The fourth-order valence-electron chi connectivity index (χ4n) is 2.21. The standard InChI is InChI=1S/C16H21NO2S/c1-11-8-15(20-10-11)16(19)14(9-18)17-12(2)13-6-4-3-5-7-13/h3-8,10,12,14,16-19H,9H2,1-2H3/t12?,14-,16-/m0/s1. The van der Waals surface area contributed by atoms with E-state index in [1.54, 1.807) is 0 Å². The van der Waals surface area contributed by atoms with Crippen molar-refractivity contribution in [3.63, 3.8) is 0 Å². The lowest BCUT2D eigenvalue weighted by atomic mass is 10.0. The molecule has 0 bridgehead atoms. The van der Waals surface area contributed by atoms with Gasteiger partial charge in [0.2, 0.25) is 0 Å². The highest BCUT2D eigenvalue weighted by Crippen LogP contribution is 2.25. The highest BCUT2D eigenvalue weighted by molar-refractivity contribution is 7.10. The molecule has 1 heterocycles. The zero-order valence-electron chi connectivity index (χ0n) is 11.8. The quantitative estimate of drug-likeness (QED) is 0.767. The molecule has 0 spiro atoms. The molecule has 1 aromatic heterocycles. The van der Waals surface area contributed by atoms with Gasteiger partial charge in [-0.3, -0.25) is 0 Å². The van der Waals surface area contributed by atoms with E-state index < -0.39 is 6.10 Å². The predicted molar refractivity (Wildman–Crippen MR) is 82.9 cm³/mol. The van der Waals surface area contributed by atoms with Crippen LogP contribution in [0.3, 0.4) is 0 Å². The van der Waals surface area contributed by atoms with E-state index in [1.807, 2.05) is 55.6 Å². The lowest BCUT2D eigenvalue weighted by Gasteiger charge is -2.25. The fourth-order valence-corrected chi connectivity index (χ4v) is 3.16. The molecule has 1 unspecified atom stereocenters. The van der Waals surface area contributed by atoms with Crippen LogP contribution in [0.4, 0.5) is 0 Å². The van der Waals surface area contributed by atoms with Crippen molar-refractivity contribution < 1.29 is 10.2 Å². The SMILES string of the molecule is Cc1csc([C@@H](O)[C@H](CO)NC(C)c2ccccc2)c1. The molecule has 0 aliphatic heterocycles. The third-order valence-electron chi connectivity index (χ3n) is 3.38. The van der Waals surface area contributed by atoms with Crippen molar-refractivity contribution in [1.82, 2.24) is 5.32 Å². The monoisotopic (exact) mass is 291 g/mol. The molecule has 20 heavy (non-hydrogen) atoms. The first-order valence-electron chi connectivity index (χ1n) is 6.76. The Balaban J connectivity index is 2.05. The number of nitrogens with one attached hydrogen (secondary N) is 1. The summed E-state index contributed by atoms with van der Waals surface area (Å²) in [6.45, 7) is 3.93. The Morgan fingerprint density at radius 1 is 1.25 bits per heavy atom. The molecule has 0 amide bonds. The number of aryl methyl sites for hydroxylation is 1. The van der Waals surface area contributed by atoms with Gasteiger partial charge in [0.15, 0.2) is 0 Å². The third kappa shape index (κ3) is 3.67. The van der Waals surface area contributed by atoms with Crippen LogP contribution in [0.25, 0.3) is 0 Å². The van der Waals surface area contributed by atoms with E-state index in [0.717, 1.165) is 16.0 Å². The summed E-state index contributed by atoms with van der Waals surface area (Å²) in [4.78, 5) is 0.884. The Bertz CT molecular complexity index is 526. The molecule has 0 saturated heterocycles. The first kappa shape index (κ1) is 15.2. The summed E-state index contributed by atoms with van der Waals surface area (Å²) < 4.78 is 0. The van der Waals surface area contributed by atoms with E-state index in [-0.39, 0.29) is 18.7 Å². The first-order chi connectivity index (χ1) is 9.61. The highest BCUT2D eigenvalue weighted by Gasteiger charge is 2.23. The van der Waals surface area contributed by atoms with Crippen LogP contribution in [-0.2, 0) is 0 Å². The summed E-state index contributed by atoms with van der Waals surface area (Å²) in [5.41, 5.74) is 2.28. The second-order valence-corrected chi connectivity index (χ2v) is 6.00. The number of rotatable bonds is 6. The van der Waals surface area contributed by atoms with E-state index in [4.69, 9.17) is 0 Å². The van der Waals surface area contributed by atoms with Gasteiger partial charge < -0.3 is 15.5 Å². The third-order valence-corrected chi connectivity index (χ3v) is 4.50. The molecule has 0 saturated carbocycles. The second kappa shape index (κ2) is 6.99. The van der Waals surface area contributed by atoms with E-state index in [9.17, 15) is 10.2 Å². The topological polar surface area (TPSA) is 52.5 Å². The van der Waals surface area contributed by atoms with Crippen molar-refractivity contribution in [2.75, 3.05) is 6.61 Å². The van der Waals surface area contributed by atoms with Crippen LogP contribution in [0.15, 0.2) is 41.8 Å². The molecule has 3 nitrogen and oxygen atoms in total. The molecule has 2 aromatic rings. The van der Waals surface area contributed by atoms with Crippen LogP contribution in [0.5, 0.6) is 0 Å². The molecule has 0 aliphatic rings. The van der Waals surface area contributed by atoms with Gasteiger partial charge in [-0.05, 0) is 36.4 Å². The average molecular weight is 291 g/mol. The smallest absolute Gasteiger partial charge is 0.106 e. The molecule has 3 atom stereocenters. The molecule has 1 aromatic carbocycles. The number of thiophene rings is 1. The normalized spacial score (nSPS) is 15.8. The van der Waals surface area contributed by atoms with Crippen molar-refractivity contribution in [2.45, 2.75) is 32.0 Å². The maximum Gasteiger partial charge on any atom is 0.106 e. The molecule has 0 fully saturated rings. The number of aliphatic hydroxyl groups excluding tert-OH is 2. The Kier molecular flexibility index (Phi) is 5.31. The predicted octanol–water partition coefficient (Wildman–Crippen LogP) is 2.80. The molecule has 0 radical (unpaired) electrons. The van der Waals surface area contributed by atoms with Crippen molar-refractivity contribution in [2.24, 2.45) is 0 Å². The molecule has 4 heteroatoms. The maximum absolute atomic E-state index is 10.4. The molecular formula is C16H21NO2S. The average Bonchev–Trinajstić information content (AvgIpc) is 2.91. The van der Waals surface area contributed by atoms with Gasteiger partial charge in [0, 0.05) is 10.9 Å². The van der Waals surface area contributed by atoms with Crippen LogP contribution in [0.2, 0.25) is 0 Å². The van der Waals surface area contributed by atoms with E-state index in [1.165, 1.54) is 11.3 Å². The van der Waals surface area contributed by atoms with Gasteiger partial charge >= 0.3 is 0 Å². The van der Waals surface area contributed by atoms with Crippen LogP contribution < -0.4 is 5.32 Å². The van der Waals surface area contributed by atoms with Crippen molar-refractivity contribution in [3.8, 4) is 0 Å². The summed E-state index contributed by atoms with van der Waals surface area (Å²) in [6, 6.07) is 11.7. The Morgan fingerprint density at radius 3 is 2.50 bits per heavy atom. The minimum Gasteiger partial charge on any atom is -0.395 e. The summed E-state index contributed by atoms with van der Waals surface area (Å²) in [6.07, 6.45) is -0.690. The van der Waals surface area contributed by atoms with Crippen LogP contribution >= 0.6 is 11.3 Å². The number of hydrogen-bond acceptors (Lipinski definition) is 4. The minimum absolute atomic E-state index is 0.0732. The summed E-state index contributed by atoms with van der Waals surface area (Å²) in [7, 11) is 0. The van der Waals surface area contributed by atoms with E-state index in [0.29, 0.717) is 0 Å². The maximum atomic E-state index is 10.4. The lowest BCUT2D eigenvalue weighted by molar-refractivity contribution is 0.0870. The van der Waals surface area contributed by atoms with Gasteiger partial charge in [-0.25, -0.2) is 0 Å². The molecule has 2 rings (SSSR count). The molecule has 108 valence electrons. The minimum atomic E-state index is -0.690. The van der Waals surface area contributed by atoms with Gasteiger partial charge in [0.1, 0.15) is 6.10 Å². The molecular weight excluding hydrogens is 270 g/mol. The van der Waals surface area contributed by atoms with Gasteiger partial charge in [-0.1, -0.05) is 30.3 Å². The lowest BCUT2D eigenvalue weighted by Crippen LogP contribution is -2.39. The summed E-state index contributed by atoms with van der Waals surface area (Å²) >= 11 is 1.52. The largest absolute Gasteiger partial charge is 0.395 e. The fraction of sp³-hybridized carbons (Fsp3) is 0.375. The Labute approximate surface area is 123 Å².